The fraction of sp³-hybridized carbons (Fsp3) is 0.455. The van der Waals surface area contributed by atoms with E-state index in [0.717, 1.165) is 23.5 Å². The summed E-state index contributed by atoms with van der Waals surface area (Å²) < 4.78 is 11.8. The van der Waals surface area contributed by atoms with Crippen molar-refractivity contribution < 1.29 is 28.9 Å². The zero-order valence-electron chi connectivity index (χ0n) is 25.9. The van der Waals surface area contributed by atoms with E-state index in [1.54, 1.807) is 25.1 Å². The summed E-state index contributed by atoms with van der Waals surface area (Å²) in [5, 5.41) is 22.9. The Hall–Kier alpha value is -4.54. The molecule has 0 spiro atoms. The number of hydrogen-bond acceptors (Lipinski definition) is 9. The molecule has 2 aromatic rings. The van der Waals surface area contributed by atoms with Crippen LogP contribution in [0.25, 0.3) is 0 Å². The van der Waals surface area contributed by atoms with Crippen molar-refractivity contribution in [2.45, 2.75) is 73.1 Å². The normalized spacial score (nSPS) is 19.5. The van der Waals surface area contributed by atoms with Gasteiger partial charge in [-0.1, -0.05) is 33.8 Å². The Labute approximate surface area is 255 Å². The second-order valence-electron chi connectivity index (χ2n) is 13.2. The van der Waals surface area contributed by atoms with Crippen molar-refractivity contribution in [3.05, 3.63) is 84.7 Å². The molecule has 44 heavy (non-hydrogen) atoms. The van der Waals surface area contributed by atoms with Crippen LogP contribution in [-0.2, 0) is 9.59 Å². The predicted octanol–water partition coefficient (Wildman–Crippen LogP) is 7.40. The molecule has 11 nitrogen and oxygen atoms in total. The van der Waals surface area contributed by atoms with Crippen molar-refractivity contribution >= 4 is 22.9 Å². The van der Waals surface area contributed by atoms with Gasteiger partial charge in [-0.15, -0.1) is 0 Å². The summed E-state index contributed by atoms with van der Waals surface area (Å²) in [4.78, 5) is 51.5. The standard InChI is InChI=1S/C33H37N3O8/c1-7-34-22-15-32(3,4)17-24(37)30(22)29(31-23(34)16-33(5,6)18-25(31)38)19-9-11-27(28(13-19)43-8-2)44-26-12-10-20(35(39)40)14-21(26)36(41)42/h9-14,29H,7-8,15-18H2,1-6H3. The third-order valence-corrected chi connectivity index (χ3v) is 8.51. The average molecular weight is 604 g/mol. The number of non-ortho nitro benzene ring substituents is 1. The number of carbonyl (C=O) groups is 2. The first-order chi connectivity index (χ1) is 20.7. The maximum atomic E-state index is 13.9. The van der Waals surface area contributed by atoms with Crippen molar-refractivity contribution in [2.75, 3.05) is 13.2 Å². The van der Waals surface area contributed by atoms with Gasteiger partial charge >= 0.3 is 5.69 Å². The number of ketones is 2. The number of benzene rings is 2. The highest BCUT2D eigenvalue weighted by molar-refractivity contribution is 6.06. The summed E-state index contributed by atoms with van der Waals surface area (Å²) in [6.45, 7) is 13.1. The zero-order valence-corrected chi connectivity index (χ0v) is 25.9. The minimum atomic E-state index is -0.743. The molecule has 0 N–H and O–H groups in total. The summed E-state index contributed by atoms with van der Waals surface area (Å²) in [6.07, 6.45) is 2.14. The average Bonchev–Trinajstić information content (AvgIpc) is 2.91. The van der Waals surface area contributed by atoms with E-state index >= 15 is 0 Å². The maximum absolute atomic E-state index is 13.9. The number of carbonyl (C=O) groups excluding carboxylic acids is 2. The van der Waals surface area contributed by atoms with E-state index in [2.05, 4.69) is 32.6 Å². The number of ether oxygens (including phenoxy) is 2. The van der Waals surface area contributed by atoms with Crippen LogP contribution < -0.4 is 9.47 Å². The topological polar surface area (TPSA) is 142 Å². The second-order valence-corrected chi connectivity index (χ2v) is 13.2. The highest BCUT2D eigenvalue weighted by Crippen LogP contribution is 2.55. The Balaban J connectivity index is 1.66. The van der Waals surface area contributed by atoms with E-state index in [1.807, 2.05) is 6.92 Å². The molecule has 0 fully saturated rings. The van der Waals surface area contributed by atoms with Crippen molar-refractivity contribution in [1.82, 2.24) is 4.90 Å². The molecule has 0 radical (unpaired) electrons. The molecule has 11 heteroatoms. The molecule has 0 atom stereocenters. The molecule has 232 valence electrons. The van der Waals surface area contributed by atoms with E-state index in [1.165, 1.54) is 6.07 Å². The fourth-order valence-electron chi connectivity index (χ4n) is 6.79. The van der Waals surface area contributed by atoms with Crippen molar-refractivity contribution in [1.29, 1.82) is 0 Å². The number of allylic oxidation sites excluding steroid dienone is 4. The third kappa shape index (κ3) is 5.58. The minimum absolute atomic E-state index is 0.0173. The summed E-state index contributed by atoms with van der Waals surface area (Å²) in [7, 11) is 0. The van der Waals surface area contributed by atoms with Gasteiger partial charge in [0.15, 0.2) is 23.1 Å². The molecule has 1 heterocycles. The van der Waals surface area contributed by atoms with Gasteiger partial charge in [-0.25, -0.2) is 0 Å². The van der Waals surface area contributed by atoms with Crippen LogP contribution in [0.4, 0.5) is 11.4 Å². The van der Waals surface area contributed by atoms with Crippen molar-refractivity contribution in [3.8, 4) is 17.2 Å². The van der Waals surface area contributed by atoms with Crippen LogP contribution in [0.15, 0.2) is 58.9 Å². The van der Waals surface area contributed by atoms with Crippen LogP contribution in [0.3, 0.4) is 0 Å². The van der Waals surface area contributed by atoms with E-state index < -0.39 is 27.1 Å². The number of rotatable bonds is 8. The van der Waals surface area contributed by atoms with Crippen molar-refractivity contribution in [2.24, 2.45) is 10.8 Å². The van der Waals surface area contributed by atoms with Gasteiger partial charge in [0, 0.05) is 53.9 Å². The molecule has 0 amide bonds. The van der Waals surface area contributed by atoms with Gasteiger partial charge < -0.3 is 14.4 Å². The Morgan fingerprint density at radius 2 is 1.36 bits per heavy atom. The van der Waals surface area contributed by atoms with Gasteiger partial charge in [0.05, 0.1) is 22.5 Å². The van der Waals surface area contributed by atoms with E-state index in [-0.39, 0.29) is 46.3 Å². The van der Waals surface area contributed by atoms with E-state index in [9.17, 15) is 29.8 Å². The highest BCUT2D eigenvalue weighted by Gasteiger charge is 2.48. The van der Waals surface area contributed by atoms with Crippen LogP contribution in [-0.4, -0.2) is 39.5 Å². The van der Waals surface area contributed by atoms with Gasteiger partial charge in [0.25, 0.3) is 5.69 Å². The maximum Gasteiger partial charge on any atom is 0.318 e. The smallest absolute Gasteiger partial charge is 0.318 e. The Kier molecular flexibility index (Phi) is 7.86. The number of nitro groups is 2. The van der Waals surface area contributed by atoms with Crippen LogP contribution in [0.5, 0.6) is 17.2 Å². The lowest BCUT2D eigenvalue weighted by Crippen LogP contribution is -2.44. The number of Topliss-reactive ketones (excluding diaryl/α,β-unsaturated/α-hetero) is 2. The molecule has 0 saturated carbocycles. The molecule has 0 aromatic heterocycles. The lowest BCUT2D eigenvalue weighted by atomic mass is 9.63. The number of hydrogen-bond donors (Lipinski definition) is 0. The molecule has 0 bridgehead atoms. The molecule has 2 aliphatic carbocycles. The Morgan fingerprint density at radius 1 is 0.795 bits per heavy atom. The highest BCUT2D eigenvalue weighted by atomic mass is 16.6. The Bertz CT molecular complexity index is 1600. The lowest BCUT2D eigenvalue weighted by Gasteiger charge is -2.48. The summed E-state index contributed by atoms with van der Waals surface area (Å²) >= 11 is 0. The molecular weight excluding hydrogens is 566 g/mol. The van der Waals surface area contributed by atoms with Crippen LogP contribution in [0, 0.1) is 31.1 Å². The first-order valence-electron chi connectivity index (χ1n) is 14.8. The first-order valence-corrected chi connectivity index (χ1v) is 14.8. The van der Waals surface area contributed by atoms with Gasteiger partial charge in [-0.05, 0) is 61.3 Å². The minimum Gasteiger partial charge on any atom is -0.490 e. The van der Waals surface area contributed by atoms with E-state index in [4.69, 9.17) is 9.47 Å². The SMILES string of the molecule is CCOc1cc(C2C3=C(CC(C)(C)CC3=O)N(CC)C3=C2C(=O)CC(C)(C)C3)ccc1Oc1ccc([N+](=O)[O-])cc1[N+](=O)[O-]. The molecule has 3 aliphatic rings. The number of nitro benzene ring substituents is 2. The fourth-order valence-corrected chi connectivity index (χ4v) is 6.79. The molecule has 5 rings (SSSR count). The molecule has 0 unspecified atom stereocenters. The summed E-state index contributed by atoms with van der Waals surface area (Å²) in [5.74, 6) is -0.305. The molecule has 1 aliphatic heterocycles. The second kappa shape index (κ2) is 11.2. The van der Waals surface area contributed by atoms with Crippen LogP contribution in [0.1, 0.15) is 78.7 Å². The summed E-state index contributed by atoms with van der Waals surface area (Å²) in [5.41, 5.74) is 2.44. The van der Waals surface area contributed by atoms with Gasteiger partial charge in [-0.3, -0.25) is 29.8 Å². The zero-order chi connectivity index (χ0) is 32.1. The van der Waals surface area contributed by atoms with Gasteiger partial charge in [0.2, 0.25) is 5.75 Å². The predicted molar refractivity (Wildman–Crippen MR) is 163 cm³/mol. The summed E-state index contributed by atoms with van der Waals surface area (Å²) in [6, 6.07) is 8.26. The largest absolute Gasteiger partial charge is 0.490 e. The lowest BCUT2D eigenvalue weighted by molar-refractivity contribution is -0.394. The molecule has 2 aromatic carbocycles. The Morgan fingerprint density at radius 3 is 1.86 bits per heavy atom. The molecule has 0 saturated heterocycles. The third-order valence-electron chi connectivity index (χ3n) is 8.51. The van der Waals surface area contributed by atoms with Gasteiger partial charge in [0.1, 0.15) is 0 Å². The monoisotopic (exact) mass is 603 g/mol. The first kappa shape index (κ1) is 30.9. The quantitative estimate of drug-likeness (QED) is 0.223. The van der Waals surface area contributed by atoms with Gasteiger partial charge in [-0.2, -0.15) is 0 Å². The van der Waals surface area contributed by atoms with Crippen LogP contribution in [0.2, 0.25) is 0 Å². The molecular formula is C33H37N3O8. The van der Waals surface area contributed by atoms with E-state index in [0.29, 0.717) is 48.9 Å². The van der Waals surface area contributed by atoms with Crippen LogP contribution >= 0.6 is 0 Å². The van der Waals surface area contributed by atoms with Crippen molar-refractivity contribution in [3.63, 3.8) is 0 Å². The number of nitrogens with zero attached hydrogens (tertiary/aromatic N) is 3.